The first-order valence-electron chi connectivity index (χ1n) is 7.27. The number of esters is 1. The molecule has 0 fully saturated rings. The molecule has 0 aromatic rings. The van der Waals surface area contributed by atoms with Crippen molar-refractivity contribution in [2.24, 2.45) is 0 Å². The molecule has 19 heavy (non-hydrogen) atoms. The summed E-state index contributed by atoms with van der Waals surface area (Å²) >= 11 is 0. The van der Waals surface area contributed by atoms with E-state index in [4.69, 9.17) is 9.47 Å². The number of carbonyl (C=O) groups is 2. The van der Waals surface area contributed by atoms with Gasteiger partial charge in [0, 0.05) is 13.0 Å². The van der Waals surface area contributed by atoms with Crippen LogP contribution in [0.15, 0.2) is 0 Å². The fourth-order valence-corrected chi connectivity index (χ4v) is 1.41. The summed E-state index contributed by atoms with van der Waals surface area (Å²) in [7, 11) is 0. The Bertz CT molecular complexity index is 244. The molecule has 0 aromatic carbocycles. The van der Waals surface area contributed by atoms with Crippen molar-refractivity contribution in [1.29, 1.82) is 0 Å². The Morgan fingerprint density at radius 1 is 0.895 bits per heavy atom. The van der Waals surface area contributed by atoms with E-state index in [0.29, 0.717) is 26.2 Å². The molecule has 0 atom stereocenters. The first-order chi connectivity index (χ1) is 9.20. The van der Waals surface area contributed by atoms with E-state index in [9.17, 15) is 9.59 Å². The van der Waals surface area contributed by atoms with Crippen molar-refractivity contribution in [2.75, 3.05) is 19.8 Å². The van der Waals surface area contributed by atoms with Crippen LogP contribution in [0.4, 0.5) is 4.79 Å². The molecule has 112 valence electrons. The van der Waals surface area contributed by atoms with Crippen LogP contribution in [0, 0.1) is 0 Å². The highest BCUT2D eigenvalue weighted by Crippen LogP contribution is 2.01. The van der Waals surface area contributed by atoms with E-state index in [-0.39, 0.29) is 12.1 Å². The van der Waals surface area contributed by atoms with Gasteiger partial charge in [-0.05, 0) is 25.7 Å². The van der Waals surface area contributed by atoms with Gasteiger partial charge >= 0.3 is 12.1 Å². The number of amides is 1. The molecule has 0 saturated carbocycles. The second kappa shape index (κ2) is 13.2. The molecule has 1 N–H and O–H groups in total. The molecule has 0 unspecified atom stereocenters. The van der Waals surface area contributed by atoms with Gasteiger partial charge in [-0.15, -0.1) is 0 Å². The first kappa shape index (κ1) is 17.7. The molecule has 0 aromatic heterocycles. The summed E-state index contributed by atoms with van der Waals surface area (Å²) in [5.41, 5.74) is 0. The molecule has 0 radical (unpaired) electrons. The quantitative estimate of drug-likeness (QED) is 0.464. The van der Waals surface area contributed by atoms with Gasteiger partial charge < -0.3 is 14.8 Å². The zero-order valence-corrected chi connectivity index (χ0v) is 12.2. The van der Waals surface area contributed by atoms with Crippen LogP contribution in [-0.2, 0) is 14.3 Å². The van der Waals surface area contributed by atoms with Gasteiger partial charge in [-0.1, -0.05) is 26.7 Å². The molecule has 0 aliphatic rings. The fourth-order valence-electron chi connectivity index (χ4n) is 1.41. The summed E-state index contributed by atoms with van der Waals surface area (Å²) in [4.78, 5) is 22.3. The first-order valence-corrected chi connectivity index (χ1v) is 7.27. The highest BCUT2D eigenvalue weighted by molar-refractivity contribution is 5.69. The lowest BCUT2D eigenvalue weighted by molar-refractivity contribution is -0.143. The van der Waals surface area contributed by atoms with Gasteiger partial charge in [0.15, 0.2) is 0 Å². The highest BCUT2D eigenvalue weighted by Gasteiger charge is 2.03. The number of hydrogen-bond acceptors (Lipinski definition) is 4. The Kier molecular flexibility index (Phi) is 12.3. The third-order valence-electron chi connectivity index (χ3n) is 2.53. The molecule has 0 aliphatic carbocycles. The average molecular weight is 273 g/mol. The van der Waals surface area contributed by atoms with Gasteiger partial charge in [0.25, 0.3) is 0 Å². The molecule has 0 heterocycles. The maximum atomic E-state index is 11.3. The van der Waals surface area contributed by atoms with Gasteiger partial charge in [0.05, 0.1) is 13.2 Å². The SMILES string of the molecule is CCCCOC(=O)CCCCCNC(=O)OCCC. The zero-order chi connectivity index (χ0) is 14.3. The third-order valence-corrected chi connectivity index (χ3v) is 2.53. The lowest BCUT2D eigenvalue weighted by atomic mass is 10.2. The number of rotatable bonds is 11. The molecule has 5 heteroatoms. The summed E-state index contributed by atoms with van der Waals surface area (Å²) < 4.78 is 9.91. The van der Waals surface area contributed by atoms with Gasteiger partial charge in [-0.3, -0.25) is 4.79 Å². The highest BCUT2D eigenvalue weighted by atomic mass is 16.5. The summed E-state index contributed by atoms with van der Waals surface area (Å²) in [5, 5.41) is 2.67. The van der Waals surface area contributed by atoms with Crippen LogP contribution < -0.4 is 5.32 Å². The normalized spacial score (nSPS) is 10.0. The third kappa shape index (κ3) is 13.0. The summed E-state index contributed by atoms with van der Waals surface area (Å²) in [6, 6.07) is 0. The number of hydrogen-bond donors (Lipinski definition) is 1. The molecule has 0 bridgehead atoms. The number of nitrogens with one attached hydrogen (secondary N) is 1. The van der Waals surface area contributed by atoms with Crippen molar-refractivity contribution in [1.82, 2.24) is 5.32 Å². The molecule has 5 nitrogen and oxygen atoms in total. The van der Waals surface area contributed by atoms with Crippen LogP contribution in [0.3, 0.4) is 0 Å². The van der Waals surface area contributed by atoms with E-state index in [2.05, 4.69) is 12.2 Å². The lowest BCUT2D eigenvalue weighted by Gasteiger charge is -2.06. The number of alkyl carbamates (subject to hydrolysis) is 1. The fraction of sp³-hybridized carbons (Fsp3) is 0.857. The Hall–Kier alpha value is -1.26. The standard InChI is InChI=1S/C14H27NO4/c1-3-5-12-18-13(16)9-7-6-8-10-15-14(17)19-11-4-2/h3-12H2,1-2H3,(H,15,17). The van der Waals surface area contributed by atoms with Crippen LogP contribution in [-0.4, -0.2) is 31.8 Å². The minimum atomic E-state index is -0.360. The predicted molar refractivity (Wildman–Crippen MR) is 74.0 cm³/mol. The molecule has 1 amide bonds. The van der Waals surface area contributed by atoms with Crippen molar-refractivity contribution in [3.63, 3.8) is 0 Å². The molecule has 0 aliphatic heterocycles. The summed E-state index contributed by atoms with van der Waals surface area (Å²) in [6.07, 6.45) is 5.44. The van der Waals surface area contributed by atoms with Gasteiger partial charge in [0.2, 0.25) is 0 Å². The number of unbranched alkanes of at least 4 members (excludes halogenated alkanes) is 3. The van der Waals surface area contributed by atoms with E-state index in [0.717, 1.165) is 38.5 Å². The average Bonchev–Trinajstić information content (AvgIpc) is 2.40. The van der Waals surface area contributed by atoms with Crippen molar-refractivity contribution in [3.8, 4) is 0 Å². The second-order valence-electron chi connectivity index (χ2n) is 4.45. The van der Waals surface area contributed by atoms with Crippen molar-refractivity contribution in [3.05, 3.63) is 0 Å². The van der Waals surface area contributed by atoms with Gasteiger partial charge in [-0.25, -0.2) is 4.79 Å². The number of carbonyl (C=O) groups excluding carboxylic acids is 2. The van der Waals surface area contributed by atoms with Crippen LogP contribution in [0.1, 0.15) is 58.8 Å². The topological polar surface area (TPSA) is 64.6 Å². The molecule has 0 saturated heterocycles. The monoisotopic (exact) mass is 273 g/mol. The van der Waals surface area contributed by atoms with Gasteiger partial charge in [0.1, 0.15) is 0 Å². The van der Waals surface area contributed by atoms with Crippen molar-refractivity contribution in [2.45, 2.75) is 58.8 Å². The van der Waals surface area contributed by atoms with Crippen LogP contribution in [0.25, 0.3) is 0 Å². The van der Waals surface area contributed by atoms with Gasteiger partial charge in [-0.2, -0.15) is 0 Å². The lowest BCUT2D eigenvalue weighted by Crippen LogP contribution is -2.25. The van der Waals surface area contributed by atoms with Crippen LogP contribution in [0.2, 0.25) is 0 Å². The molecule has 0 rings (SSSR count). The van der Waals surface area contributed by atoms with Crippen LogP contribution in [0.5, 0.6) is 0 Å². The Morgan fingerprint density at radius 2 is 1.68 bits per heavy atom. The zero-order valence-electron chi connectivity index (χ0n) is 12.2. The summed E-state index contributed by atoms with van der Waals surface area (Å²) in [5.74, 6) is -0.122. The van der Waals surface area contributed by atoms with E-state index in [1.54, 1.807) is 0 Å². The molecular weight excluding hydrogens is 246 g/mol. The van der Waals surface area contributed by atoms with E-state index < -0.39 is 0 Å². The maximum Gasteiger partial charge on any atom is 0.407 e. The minimum absolute atomic E-state index is 0.122. The Balaban J connectivity index is 3.26. The Labute approximate surface area is 116 Å². The minimum Gasteiger partial charge on any atom is -0.466 e. The van der Waals surface area contributed by atoms with Crippen molar-refractivity contribution >= 4 is 12.1 Å². The smallest absolute Gasteiger partial charge is 0.407 e. The van der Waals surface area contributed by atoms with E-state index >= 15 is 0 Å². The van der Waals surface area contributed by atoms with Crippen LogP contribution >= 0.6 is 0 Å². The number of ether oxygens (including phenoxy) is 2. The van der Waals surface area contributed by atoms with Crippen molar-refractivity contribution < 1.29 is 19.1 Å². The Morgan fingerprint density at radius 3 is 2.37 bits per heavy atom. The second-order valence-corrected chi connectivity index (χ2v) is 4.45. The molecular formula is C14H27NO4. The van der Waals surface area contributed by atoms with E-state index in [1.165, 1.54) is 0 Å². The summed E-state index contributed by atoms with van der Waals surface area (Å²) in [6.45, 7) is 5.59. The predicted octanol–water partition coefficient (Wildman–Crippen LogP) is 3.03. The van der Waals surface area contributed by atoms with E-state index in [1.807, 2.05) is 6.92 Å². The largest absolute Gasteiger partial charge is 0.466 e. The molecule has 0 spiro atoms. The maximum absolute atomic E-state index is 11.3.